The van der Waals surface area contributed by atoms with Gasteiger partial charge >= 0.3 is 0 Å². The van der Waals surface area contributed by atoms with Crippen molar-refractivity contribution in [1.29, 1.82) is 0 Å². The average Bonchev–Trinajstić information content (AvgIpc) is 2.34. The Hall–Kier alpha value is -1.55. The molecule has 0 radical (unpaired) electrons. The van der Waals surface area contributed by atoms with Crippen LogP contribution in [-0.2, 0) is 14.3 Å². The number of carbonyl (C=O) groups is 1. The van der Waals surface area contributed by atoms with E-state index in [0.717, 1.165) is 5.57 Å². The van der Waals surface area contributed by atoms with Crippen molar-refractivity contribution < 1.29 is 14.3 Å². The van der Waals surface area contributed by atoms with Gasteiger partial charge in [0.05, 0.1) is 7.11 Å². The van der Waals surface area contributed by atoms with Crippen LogP contribution in [0.5, 0.6) is 0 Å². The van der Waals surface area contributed by atoms with Crippen LogP contribution in [-0.4, -0.2) is 32.8 Å². The predicted octanol–water partition coefficient (Wildman–Crippen LogP) is 1.80. The van der Waals surface area contributed by atoms with E-state index in [-0.39, 0.29) is 5.91 Å². The van der Waals surface area contributed by atoms with E-state index in [1.54, 1.807) is 26.3 Å². The summed E-state index contributed by atoms with van der Waals surface area (Å²) < 4.78 is 10.2. The summed E-state index contributed by atoms with van der Waals surface area (Å²) >= 11 is 0. The number of nitrogens with one attached hydrogen (secondary N) is 1. The first kappa shape index (κ1) is 15.4. The molecule has 4 nitrogen and oxygen atoms in total. The Morgan fingerprint density at radius 2 is 2.06 bits per heavy atom. The summed E-state index contributed by atoms with van der Waals surface area (Å²) in [5.41, 5.74) is 0.783. The quantitative estimate of drug-likeness (QED) is 0.519. The molecule has 0 heterocycles. The van der Waals surface area contributed by atoms with Crippen molar-refractivity contribution in [2.24, 2.45) is 0 Å². The van der Waals surface area contributed by atoms with Gasteiger partial charge in [-0.15, -0.1) is 0 Å². The third-order valence-electron chi connectivity index (χ3n) is 2.12. The van der Waals surface area contributed by atoms with Crippen LogP contribution in [0.15, 0.2) is 36.6 Å². The van der Waals surface area contributed by atoms with Crippen LogP contribution < -0.4 is 5.32 Å². The Morgan fingerprint density at radius 3 is 2.53 bits per heavy atom. The van der Waals surface area contributed by atoms with Gasteiger partial charge in [-0.05, 0) is 13.0 Å². The van der Waals surface area contributed by atoms with Crippen LogP contribution in [0.3, 0.4) is 0 Å². The number of carbonyl (C=O) groups excluding carboxylic acids is 1. The molecule has 0 aromatic rings. The van der Waals surface area contributed by atoms with Crippen molar-refractivity contribution in [3.63, 3.8) is 0 Å². The van der Waals surface area contributed by atoms with Gasteiger partial charge in [0.15, 0.2) is 0 Å². The molecule has 96 valence electrons. The van der Waals surface area contributed by atoms with E-state index in [0.29, 0.717) is 18.8 Å². The first-order valence-electron chi connectivity index (χ1n) is 5.47. The first-order chi connectivity index (χ1) is 8.04. The Balaban J connectivity index is 4.35. The summed E-state index contributed by atoms with van der Waals surface area (Å²) in [5.74, 6) is 0.394. The molecule has 0 aliphatic rings. The fourth-order valence-corrected chi connectivity index (χ4v) is 1.17. The van der Waals surface area contributed by atoms with Gasteiger partial charge in [0.25, 0.3) is 0 Å². The lowest BCUT2D eigenvalue weighted by Gasteiger charge is -2.15. The number of likely N-dealkylation sites (N-methyl/N-ethyl adjacent to an activating group) is 1. The number of hydrogen-bond donors (Lipinski definition) is 1. The summed E-state index contributed by atoms with van der Waals surface area (Å²) in [5, 5.41) is 2.56. The highest BCUT2D eigenvalue weighted by Crippen LogP contribution is 2.10. The third-order valence-corrected chi connectivity index (χ3v) is 2.12. The van der Waals surface area contributed by atoms with Gasteiger partial charge in [-0.25, -0.2) is 0 Å². The van der Waals surface area contributed by atoms with E-state index in [1.807, 2.05) is 6.92 Å². The molecule has 1 unspecified atom stereocenters. The van der Waals surface area contributed by atoms with Crippen LogP contribution >= 0.6 is 0 Å². The monoisotopic (exact) mass is 239 g/mol. The van der Waals surface area contributed by atoms with Gasteiger partial charge < -0.3 is 14.8 Å². The second kappa shape index (κ2) is 8.58. The van der Waals surface area contributed by atoms with Crippen molar-refractivity contribution in [1.82, 2.24) is 5.32 Å². The summed E-state index contributed by atoms with van der Waals surface area (Å²) in [6.07, 6.45) is 3.41. The second-order valence-electron chi connectivity index (χ2n) is 3.42. The fraction of sp³-hybridized carbons (Fsp3) is 0.462. The van der Waals surface area contributed by atoms with Gasteiger partial charge in [-0.1, -0.05) is 24.8 Å². The van der Waals surface area contributed by atoms with E-state index in [9.17, 15) is 4.79 Å². The van der Waals surface area contributed by atoms with Crippen molar-refractivity contribution in [2.45, 2.75) is 19.4 Å². The minimum Gasteiger partial charge on any atom is -0.497 e. The molecule has 0 aromatic heterocycles. The molecule has 0 spiro atoms. The maximum atomic E-state index is 11.5. The van der Waals surface area contributed by atoms with Crippen molar-refractivity contribution in [3.8, 4) is 0 Å². The Bertz CT molecular complexity index is 308. The lowest BCUT2D eigenvalue weighted by molar-refractivity contribution is -0.131. The lowest BCUT2D eigenvalue weighted by Crippen LogP contribution is -2.34. The molecule has 0 aliphatic heterocycles. The molecular weight excluding hydrogens is 218 g/mol. The molecule has 1 N–H and O–H groups in total. The number of methoxy groups -OCH3 is 1. The number of amides is 1. The molecule has 1 amide bonds. The van der Waals surface area contributed by atoms with Crippen molar-refractivity contribution in [3.05, 3.63) is 36.6 Å². The number of hydrogen-bond acceptors (Lipinski definition) is 3. The highest BCUT2D eigenvalue weighted by atomic mass is 16.5. The fourth-order valence-electron chi connectivity index (χ4n) is 1.17. The van der Waals surface area contributed by atoms with Crippen molar-refractivity contribution >= 4 is 5.91 Å². The zero-order valence-electron chi connectivity index (χ0n) is 10.8. The zero-order chi connectivity index (χ0) is 13.3. The maximum absolute atomic E-state index is 11.5. The van der Waals surface area contributed by atoms with Crippen LogP contribution in [0.4, 0.5) is 0 Å². The second-order valence-corrected chi connectivity index (χ2v) is 3.42. The summed E-state index contributed by atoms with van der Waals surface area (Å²) in [6.45, 7) is 9.84. The molecule has 17 heavy (non-hydrogen) atoms. The van der Waals surface area contributed by atoms with Crippen LogP contribution in [0.2, 0.25) is 0 Å². The average molecular weight is 239 g/mol. The molecule has 1 atom stereocenters. The SMILES string of the molecule is C=C(/C=C\C(=C)OC)CC(OCC)C(=O)NC. The van der Waals surface area contributed by atoms with Crippen molar-refractivity contribution in [2.75, 3.05) is 20.8 Å². The number of allylic oxidation sites excluding steroid dienone is 2. The van der Waals surface area contributed by atoms with Gasteiger partial charge in [-0.2, -0.15) is 0 Å². The Morgan fingerprint density at radius 1 is 1.41 bits per heavy atom. The summed E-state index contributed by atoms with van der Waals surface area (Å²) in [4.78, 5) is 11.5. The largest absolute Gasteiger partial charge is 0.497 e. The van der Waals surface area contributed by atoms with Crippen LogP contribution in [0.1, 0.15) is 13.3 Å². The molecular formula is C13H21NO3. The van der Waals surface area contributed by atoms with Gasteiger partial charge in [-0.3, -0.25) is 4.79 Å². The minimum atomic E-state index is -0.502. The van der Waals surface area contributed by atoms with Gasteiger partial charge in [0.2, 0.25) is 5.91 Å². The number of ether oxygens (including phenoxy) is 2. The molecule has 4 heteroatoms. The smallest absolute Gasteiger partial charge is 0.249 e. The van der Waals surface area contributed by atoms with Gasteiger partial charge in [0.1, 0.15) is 11.9 Å². The van der Waals surface area contributed by atoms with Gasteiger partial charge in [0, 0.05) is 20.1 Å². The lowest BCUT2D eigenvalue weighted by atomic mass is 10.1. The Labute approximate surface area is 103 Å². The molecule has 0 aliphatic carbocycles. The van der Waals surface area contributed by atoms with E-state index in [4.69, 9.17) is 9.47 Å². The van der Waals surface area contributed by atoms with Crippen LogP contribution in [0.25, 0.3) is 0 Å². The highest BCUT2D eigenvalue weighted by molar-refractivity contribution is 5.80. The molecule has 0 rings (SSSR count). The zero-order valence-corrected chi connectivity index (χ0v) is 10.8. The maximum Gasteiger partial charge on any atom is 0.249 e. The van der Waals surface area contributed by atoms with E-state index in [2.05, 4.69) is 18.5 Å². The highest BCUT2D eigenvalue weighted by Gasteiger charge is 2.17. The van der Waals surface area contributed by atoms with E-state index in [1.165, 1.54) is 0 Å². The molecule has 0 aromatic carbocycles. The summed E-state index contributed by atoms with van der Waals surface area (Å²) in [6, 6.07) is 0. The van der Waals surface area contributed by atoms with E-state index < -0.39 is 6.10 Å². The minimum absolute atomic E-state index is 0.146. The predicted molar refractivity (Wildman–Crippen MR) is 68.5 cm³/mol. The van der Waals surface area contributed by atoms with Crippen LogP contribution in [0, 0.1) is 0 Å². The number of rotatable bonds is 8. The van der Waals surface area contributed by atoms with E-state index >= 15 is 0 Å². The molecule has 0 saturated heterocycles. The topological polar surface area (TPSA) is 47.6 Å². The summed E-state index contributed by atoms with van der Waals surface area (Å²) in [7, 11) is 3.13. The third kappa shape index (κ3) is 6.58. The Kier molecular flexibility index (Phi) is 7.80. The molecule has 0 bridgehead atoms. The molecule has 0 fully saturated rings. The molecule has 0 saturated carbocycles. The first-order valence-corrected chi connectivity index (χ1v) is 5.47. The normalized spacial score (nSPS) is 12.2. The standard InChI is InChI=1S/C13H21NO3/c1-6-17-12(13(15)14-4)9-10(2)7-8-11(3)16-5/h7-8,12H,2-3,6,9H2,1,4-5H3,(H,14,15)/b8-7-.